The van der Waals surface area contributed by atoms with Crippen molar-refractivity contribution in [2.75, 3.05) is 34.3 Å². The summed E-state index contributed by atoms with van der Waals surface area (Å²) in [5, 5.41) is 3.69. The molecule has 0 spiro atoms. The number of nitrogens with one attached hydrogen (secondary N) is 1. The van der Waals surface area contributed by atoms with Crippen LogP contribution < -0.4 is 10.1 Å². The third-order valence-corrected chi connectivity index (χ3v) is 3.88. The molecule has 122 valence electrons. The van der Waals surface area contributed by atoms with Crippen LogP contribution in [0.3, 0.4) is 0 Å². The Morgan fingerprint density at radius 2 is 2.05 bits per heavy atom. The van der Waals surface area contributed by atoms with Gasteiger partial charge in [0.05, 0.1) is 7.11 Å². The van der Waals surface area contributed by atoms with Gasteiger partial charge < -0.3 is 15.0 Å². The summed E-state index contributed by atoms with van der Waals surface area (Å²) < 4.78 is 5.48. The van der Waals surface area contributed by atoms with Crippen molar-refractivity contribution >= 4 is 24.8 Å². The highest BCUT2D eigenvalue weighted by atomic mass is 35.5. The first-order valence-corrected chi connectivity index (χ1v) is 7.23. The van der Waals surface area contributed by atoms with Crippen molar-refractivity contribution in [1.29, 1.82) is 0 Å². The third kappa shape index (κ3) is 6.03. The van der Waals surface area contributed by atoms with Gasteiger partial charge in [-0.2, -0.15) is 0 Å². The predicted molar refractivity (Wildman–Crippen MR) is 94.5 cm³/mol. The standard InChI is InChI=1S/C16H26N2O.2ClH/c1-18(2)11-5-10-17-14-9-8-13-6-4-7-16(19-3)15(13)12-14;;/h4,6-7,14,17H,5,8-12H2,1-3H3;2*1H. The second-order valence-corrected chi connectivity index (χ2v) is 5.65. The fraction of sp³-hybridized carbons (Fsp3) is 0.625. The largest absolute Gasteiger partial charge is 0.496 e. The average molecular weight is 335 g/mol. The summed E-state index contributed by atoms with van der Waals surface area (Å²) in [6.45, 7) is 2.26. The maximum Gasteiger partial charge on any atom is 0.122 e. The molecule has 0 saturated heterocycles. The lowest BCUT2D eigenvalue weighted by molar-refractivity contribution is 0.372. The summed E-state index contributed by atoms with van der Waals surface area (Å²) in [6, 6.07) is 7.02. The first kappa shape index (κ1) is 20.5. The van der Waals surface area contributed by atoms with E-state index >= 15 is 0 Å². The first-order chi connectivity index (χ1) is 9.20. The normalized spacial score (nSPS) is 16.7. The number of fused-ring (bicyclic) bond motifs is 1. The van der Waals surface area contributed by atoms with Crippen LogP contribution >= 0.6 is 24.8 Å². The highest BCUT2D eigenvalue weighted by Gasteiger charge is 2.20. The number of aryl methyl sites for hydroxylation is 1. The molecule has 0 amide bonds. The van der Waals surface area contributed by atoms with Crippen LogP contribution in [0.4, 0.5) is 0 Å². The van der Waals surface area contributed by atoms with Gasteiger partial charge in [-0.05, 0) is 70.1 Å². The average Bonchev–Trinajstić information content (AvgIpc) is 2.42. The van der Waals surface area contributed by atoms with Gasteiger partial charge >= 0.3 is 0 Å². The molecule has 0 saturated carbocycles. The molecule has 1 aliphatic rings. The molecular weight excluding hydrogens is 307 g/mol. The molecule has 0 fully saturated rings. The van der Waals surface area contributed by atoms with Crippen LogP contribution in [-0.4, -0.2) is 45.2 Å². The summed E-state index contributed by atoms with van der Waals surface area (Å²) in [7, 11) is 6.02. The van der Waals surface area contributed by atoms with Gasteiger partial charge in [-0.3, -0.25) is 0 Å². The van der Waals surface area contributed by atoms with Crippen molar-refractivity contribution in [2.24, 2.45) is 0 Å². The molecule has 3 nitrogen and oxygen atoms in total. The van der Waals surface area contributed by atoms with Gasteiger partial charge in [0.25, 0.3) is 0 Å². The van der Waals surface area contributed by atoms with Crippen LogP contribution in [0.1, 0.15) is 24.0 Å². The minimum absolute atomic E-state index is 0. The second kappa shape index (κ2) is 10.3. The van der Waals surface area contributed by atoms with E-state index in [0.717, 1.165) is 31.7 Å². The summed E-state index contributed by atoms with van der Waals surface area (Å²) in [4.78, 5) is 2.24. The number of hydrogen-bond donors (Lipinski definition) is 1. The molecule has 2 rings (SSSR count). The quantitative estimate of drug-likeness (QED) is 0.809. The zero-order valence-electron chi connectivity index (χ0n) is 13.2. The second-order valence-electron chi connectivity index (χ2n) is 5.65. The fourth-order valence-electron chi connectivity index (χ4n) is 2.82. The van der Waals surface area contributed by atoms with E-state index in [1.54, 1.807) is 7.11 Å². The summed E-state index contributed by atoms with van der Waals surface area (Å²) in [5.74, 6) is 1.05. The molecule has 0 aliphatic heterocycles. The Balaban J connectivity index is 0.00000200. The number of halogens is 2. The number of methoxy groups -OCH3 is 1. The Bertz CT molecular complexity index is 399. The lowest BCUT2D eigenvalue weighted by Crippen LogP contribution is -2.36. The zero-order chi connectivity index (χ0) is 13.7. The van der Waals surface area contributed by atoms with E-state index in [2.05, 4.69) is 42.5 Å². The van der Waals surface area contributed by atoms with Crippen LogP contribution in [0.15, 0.2) is 18.2 Å². The van der Waals surface area contributed by atoms with Gasteiger partial charge in [0.2, 0.25) is 0 Å². The van der Waals surface area contributed by atoms with E-state index in [-0.39, 0.29) is 24.8 Å². The van der Waals surface area contributed by atoms with Gasteiger partial charge in [-0.25, -0.2) is 0 Å². The molecule has 21 heavy (non-hydrogen) atoms. The van der Waals surface area contributed by atoms with Crippen LogP contribution in [0.2, 0.25) is 0 Å². The maximum atomic E-state index is 5.48. The molecule has 5 heteroatoms. The van der Waals surface area contributed by atoms with E-state index in [4.69, 9.17) is 4.74 Å². The Hall–Kier alpha value is -0.480. The summed E-state index contributed by atoms with van der Waals surface area (Å²) >= 11 is 0. The molecule has 0 heterocycles. The molecular formula is C16H28Cl2N2O. The van der Waals surface area contributed by atoms with Crippen molar-refractivity contribution in [1.82, 2.24) is 10.2 Å². The van der Waals surface area contributed by atoms with Crippen LogP contribution in [-0.2, 0) is 12.8 Å². The van der Waals surface area contributed by atoms with Crippen molar-refractivity contribution in [2.45, 2.75) is 31.7 Å². The number of nitrogens with zero attached hydrogens (tertiary/aromatic N) is 1. The molecule has 0 bridgehead atoms. The van der Waals surface area contributed by atoms with Crippen molar-refractivity contribution in [3.63, 3.8) is 0 Å². The monoisotopic (exact) mass is 334 g/mol. The number of hydrogen-bond acceptors (Lipinski definition) is 3. The molecule has 1 aromatic rings. The Morgan fingerprint density at radius 1 is 1.29 bits per heavy atom. The van der Waals surface area contributed by atoms with Crippen molar-refractivity contribution in [3.8, 4) is 5.75 Å². The van der Waals surface area contributed by atoms with Crippen molar-refractivity contribution in [3.05, 3.63) is 29.3 Å². The molecule has 0 aromatic heterocycles. The first-order valence-electron chi connectivity index (χ1n) is 7.23. The van der Waals surface area contributed by atoms with Crippen LogP contribution in [0.25, 0.3) is 0 Å². The van der Waals surface area contributed by atoms with Crippen LogP contribution in [0.5, 0.6) is 5.75 Å². The summed E-state index contributed by atoms with van der Waals surface area (Å²) in [6.07, 6.45) is 4.71. The maximum absolute atomic E-state index is 5.48. The van der Waals surface area contributed by atoms with Gasteiger partial charge in [-0.1, -0.05) is 12.1 Å². The number of benzene rings is 1. The Kier molecular flexibility index (Phi) is 10.0. The number of rotatable bonds is 6. The smallest absolute Gasteiger partial charge is 0.122 e. The lowest BCUT2D eigenvalue weighted by Gasteiger charge is -2.27. The molecule has 1 atom stereocenters. The number of ether oxygens (including phenoxy) is 1. The zero-order valence-corrected chi connectivity index (χ0v) is 14.9. The van der Waals surface area contributed by atoms with Gasteiger partial charge in [0, 0.05) is 6.04 Å². The third-order valence-electron chi connectivity index (χ3n) is 3.88. The van der Waals surface area contributed by atoms with E-state index in [1.807, 2.05) is 0 Å². The SMILES string of the molecule is COc1cccc2c1CC(NCCCN(C)C)CC2.Cl.Cl. The fourth-order valence-corrected chi connectivity index (χ4v) is 2.82. The van der Waals surface area contributed by atoms with E-state index < -0.39 is 0 Å². The molecule has 1 aromatic carbocycles. The van der Waals surface area contributed by atoms with Crippen molar-refractivity contribution < 1.29 is 4.74 Å². The molecule has 1 aliphatic carbocycles. The topological polar surface area (TPSA) is 24.5 Å². The lowest BCUT2D eigenvalue weighted by atomic mass is 9.87. The van der Waals surface area contributed by atoms with E-state index in [9.17, 15) is 0 Å². The Labute approximate surface area is 141 Å². The van der Waals surface area contributed by atoms with Gasteiger partial charge in [0.1, 0.15) is 5.75 Å². The highest BCUT2D eigenvalue weighted by molar-refractivity contribution is 5.85. The molecule has 0 radical (unpaired) electrons. The Morgan fingerprint density at radius 3 is 2.71 bits per heavy atom. The van der Waals surface area contributed by atoms with E-state index in [0.29, 0.717) is 6.04 Å². The van der Waals surface area contributed by atoms with Crippen LogP contribution in [0, 0.1) is 0 Å². The highest BCUT2D eigenvalue weighted by Crippen LogP contribution is 2.29. The predicted octanol–water partition coefficient (Wildman–Crippen LogP) is 2.94. The minimum Gasteiger partial charge on any atom is -0.496 e. The summed E-state index contributed by atoms with van der Waals surface area (Å²) in [5.41, 5.74) is 2.87. The molecule has 1 unspecified atom stereocenters. The minimum atomic E-state index is 0. The molecule has 1 N–H and O–H groups in total. The van der Waals surface area contributed by atoms with Gasteiger partial charge in [0.15, 0.2) is 0 Å². The van der Waals surface area contributed by atoms with E-state index in [1.165, 1.54) is 24.0 Å². The van der Waals surface area contributed by atoms with Gasteiger partial charge in [-0.15, -0.1) is 24.8 Å².